The molecule has 1 heterocycles. The van der Waals surface area contributed by atoms with Crippen molar-refractivity contribution in [3.05, 3.63) is 71.6 Å². The van der Waals surface area contributed by atoms with Crippen LogP contribution < -0.4 is 5.32 Å². The summed E-state index contributed by atoms with van der Waals surface area (Å²) >= 11 is 1.32. The van der Waals surface area contributed by atoms with Crippen LogP contribution in [0, 0.1) is 0 Å². The Morgan fingerprint density at radius 3 is 2.32 bits per heavy atom. The second kappa shape index (κ2) is 7.72. The number of hydrogen-bond acceptors (Lipinski definition) is 5. The summed E-state index contributed by atoms with van der Waals surface area (Å²) in [4.78, 5) is 28.4. The third kappa shape index (κ3) is 4.30. The average Bonchev–Trinajstić information content (AvgIpc) is 3.09. The molecular formula is C19H16N2O3S. The highest BCUT2D eigenvalue weighted by molar-refractivity contribution is 7.14. The summed E-state index contributed by atoms with van der Waals surface area (Å²) in [5.74, 6) is -0.955. The van der Waals surface area contributed by atoms with Crippen LogP contribution in [-0.4, -0.2) is 16.9 Å². The van der Waals surface area contributed by atoms with Gasteiger partial charge in [0.15, 0.2) is 5.13 Å². The lowest BCUT2D eigenvalue weighted by atomic mass is 10.1. The molecule has 0 radical (unpaired) electrons. The van der Waals surface area contributed by atoms with Gasteiger partial charge in [0.05, 0.1) is 5.69 Å². The Labute approximate surface area is 149 Å². The number of thiazole rings is 1. The molecule has 0 aliphatic carbocycles. The number of ether oxygens (including phenoxy) is 1. The molecule has 3 rings (SSSR count). The normalized spacial score (nSPS) is 11.6. The summed E-state index contributed by atoms with van der Waals surface area (Å²) in [5, 5.41) is 5.05. The molecule has 5 nitrogen and oxygen atoms in total. The summed E-state index contributed by atoms with van der Waals surface area (Å²) in [6.07, 6.45) is -1.01. The zero-order chi connectivity index (χ0) is 17.6. The molecule has 2 aromatic carbocycles. The summed E-state index contributed by atoms with van der Waals surface area (Å²) in [5.41, 5.74) is 2.36. The van der Waals surface area contributed by atoms with Crippen LogP contribution in [0.3, 0.4) is 0 Å². The van der Waals surface area contributed by atoms with E-state index in [2.05, 4.69) is 10.3 Å². The molecule has 0 unspecified atom stereocenters. The first-order valence-electron chi connectivity index (χ1n) is 7.67. The van der Waals surface area contributed by atoms with E-state index in [1.54, 1.807) is 24.3 Å². The van der Waals surface area contributed by atoms with Gasteiger partial charge in [0, 0.05) is 23.4 Å². The van der Waals surface area contributed by atoms with Crippen LogP contribution >= 0.6 is 11.3 Å². The van der Waals surface area contributed by atoms with Gasteiger partial charge in [0.1, 0.15) is 0 Å². The van der Waals surface area contributed by atoms with Gasteiger partial charge < -0.3 is 4.74 Å². The summed E-state index contributed by atoms with van der Waals surface area (Å²) < 4.78 is 5.19. The number of hydrogen-bond donors (Lipinski definition) is 1. The van der Waals surface area contributed by atoms with Crippen molar-refractivity contribution < 1.29 is 14.3 Å². The van der Waals surface area contributed by atoms with E-state index in [1.165, 1.54) is 18.3 Å². The second-order valence-electron chi connectivity index (χ2n) is 5.29. The molecule has 0 saturated carbocycles. The highest BCUT2D eigenvalue weighted by Gasteiger charge is 2.24. The molecule has 126 valence electrons. The van der Waals surface area contributed by atoms with Crippen molar-refractivity contribution in [1.29, 1.82) is 0 Å². The van der Waals surface area contributed by atoms with E-state index in [0.717, 1.165) is 11.3 Å². The molecule has 1 amide bonds. The molecule has 6 heteroatoms. The largest absolute Gasteiger partial charge is 0.447 e. The highest BCUT2D eigenvalue weighted by atomic mass is 32.1. The topological polar surface area (TPSA) is 68.3 Å². The quantitative estimate of drug-likeness (QED) is 0.703. The van der Waals surface area contributed by atoms with Gasteiger partial charge in [-0.25, -0.2) is 4.98 Å². The summed E-state index contributed by atoms with van der Waals surface area (Å²) in [7, 11) is 0. The van der Waals surface area contributed by atoms with Gasteiger partial charge in [-0.3, -0.25) is 14.9 Å². The van der Waals surface area contributed by atoms with Crippen LogP contribution in [0.15, 0.2) is 66.0 Å². The monoisotopic (exact) mass is 352 g/mol. The molecule has 1 atom stereocenters. The Hall–Kier alpha value is -2.99. The third-order valence-electron chi connectivity index (χ3n) is 3.43. The van der Waals surface area contributed by atoms with Gasteiger partial charge in [-0.15, -0.1) is 11.3 Å². The van der Waals surface area contributed by atoms with Crippen LogP contribution in [-0.2, 0) is 14.3 Å². The first-order valence-corrected chi connectivity index (χ1v) is 8.55. The number of benzene rings is 2. The molecule has 25 heavy (non-hydrogen) atoms. The molecule has 0 spiro atoms. The summed E-state index contributed by atoms with van der Waals surface area (Å²) in [6.45, 7) is 1.28. The van der Waals surface area contributed by atoms with Crippen molar-refractivity contribution in [3.63, 3.8) is 0 Å². The first kappa shape index (κ1) is 16.9. The zero-order valence-electron chi connectivity index (χ0n) is 13.5. The summed E-state index contributed by atoms with van der Waals surface area (Å²) in [6, 6.07) is 18.6. The molecule has 0 bridgehead atoms. The fourth-order valence-corrected chi connectivity index (χ4v) is 3.03. The number of amides is 1. The smallest absolute Gasteiger partial charge is 0.303 e. The van der Waals surface area contributed by atoms with E-state index in [9.17, 15) is 9.59 Å². The van der Waals surface area contributed by atoms with Crippen molar-refractivity contribution in [3.8, 4) is 11.3 Å². The molecule has 0 saturated heterocycles. The zero-order valence-corrected chi connectivity index (χ0v) is 14.3. The molecule has 1 N–H and O–H groups in total. The predicted octanol–water partition coefficient (Wildman–Crippen LogP) is 4.05. The van der Waals surface area contributed by atoms with Crippen LogP contribution in [0.4, 0.5) is 5.13 Å². The third-order valence-corrected chi connectivity index (χ3v) is 4.19. The highest BCUT2D eigenvalue weighted by Crippen LogP contribution is 2.26. The minimum absolute atomic E-state index is 0.435. The van der Waals surface area contributed by atoms with Gasteiger partial charge in [-0.2, -0.15) is 0 Å². The number of anilines is 1. The van der Waals surface area contributed by atoms with Gasteiger partial charge in [0.25, 0.3) is 5.91 Å². The maximum absolute atomic E-state index is 12.6. The van der Waals surface area contributed by atoms with Gasteiger partial charge in [-0.05, 0) is 0 Å². The van der Waals surface area contributed by atoms with E-state index < -0.39 is 18.0 Å². The van der Waals surface area contributed by atoms with E-state index in [0.29, 0.717) is 10.7 Å². The number of carbonyl (C=O) groups excluding carboxylic acids is 2. The van der Waals surface area contributed by atoms with Crippen molar-refractivity contribution >= 4 is 28.3 Å². The average molecular weight is 352 g/mol. The Balaban J connectivity index is 1.78. The Kier molecular flexibility index (Phi) is 5.20. The second-order valence-corrected chi connectivity index (χ2v) is 6.15. The number of nitrogens with zero attached hydrogens (tertiary/aromatic N) is 1. The maximum atomic E-state index is 12.6. The number of rotatable bonds is 5. The Morgan fingerprint density at radius 1 is 1.04 bits per heavy atom. The first-order chi connectivity index (χ1) is 12.1. The molecule has 1 aromatic heterocycles. The lowest BCUT2D eigenvalue weighted by Crippen LogP contribution is -2.25. The van der Waals surface area contributed by atoms with Gasteiger partial charge in [0.2, 0.25) is 6.10 Å². The van der Waals surface area contributed by atoms with Crippen LogP contribution in [0.2, 0.25) is 0 Å². The molecule has 0 fully saturated rings. The number of nitrogens with one attached hydrogen (secondary N) is 1. The van der Waals surface area contributed by atoms with E-state index in [-0.39, 0.29) is 0 Å². The Bertz CT molecular complexity index is 863. The fraction of sp³-hybridized carbons (Fsp3) is 0.105. The van der Waals surface area contributed by atoms with E-state index in [4.69, 9.17) is 4.74 Å². The van der Waals surface area contributed by atoms with Crippen molar-refractivity contribution in [2.24, 2.45) is 0 Å². The number of aromatic nitrogens is 1. The van der Waals surface area contributed by atoms with Crippen LogP contribution in [0.1, 0.15) is 18.6 Å². The van der Waals surface area contributed by atoms with Crippen molar-refractivity contribution in [2.45, 2.75) is 13.0 Å². The standard InChI is InChI=1S/C19H16N2O3S/c1-13(22)24-17(15-10-6-3-7-11-15)18(23)21-19-20-16(12-25-19)14-8-4-2-5-9-14/h2-12,17H,1H3,(H,20,21,23)/t17-/m0/s1. The fourth-order valence-electron chi connectivity index (χ4n) is 2.31. The lowest BCUT2D eigenvalue weighted by molar-refractivity contribution is -0.152. The Morgan fingerprint density at radius 2 is 1.68 bits per heavy atom. The van der Waals surface area contributed by atoms with Gasteiger partial charge in [-0.1, -0.05) is 60.7 Å². The van der Waals surface area contributed by atoms with Crippen LogP contribution in [0.5, 0.6) is 0 Å². The number of esters is 1. The van der Waals surface area contributed by atoms with Crippen molar-refractivity contribution in [1.82, 2.24) is 4.98 Å². The SMILES string of the molecule is CC(=O)O[C@H](C(=O)Nc1nc(-c2ccccc2)cs1)c1ccccc1. The lowest BCUT2D eigenvalue weighted by Gasteiger charge is -2.16. The number of carbonyl (C=O) groups is 2. The molecule has 0 aliphatic heterocycles. The van der Waals surface area contributed by atoms with E-state index in [1.807, 2.05) is 41.8 Å². The van der Waals surface area contributed by atoms with E-state index >= 15 is 0 Å². The van der Waals surface area contributed by atoms with Crippen molar-refractivity contribution in [2.75, 3.05) is 5.32 Å². The minimum Gasteiger partial charge on any atom is -0.447 e. The van der Waals surface area contributed by atoms with Gasteiger partial charge >= 0.3 is 5.97 Å². The molecule has 0 aliphatic rings. The molecular weight excluding hydrogens is 336 g/mol. The minimum atomic E-state index is -1.01. The maximum Gasteiger partial charge on any atom is 0.303 e. The van der Waals surface area contributed by atoms with Crippen LogP contribution in [0.25, 0.3) is 11.3 Å². The predicted molar refractivity (Wildman–Crippen MR) is 97.1 cm³/mol. The molecule has 3 aromatic rings.